The van der Waals surface area contributed by atoms with Crippen LogP contribution in [0.2, 0.25) is 0 Å². The first-order chi connectivity index (χ1) is 13.4. The van der Waals surface area contributed by atoms with Crippen molar-refractivity contribution in [2.24, 2.45) is 7.05 Å². The van der Waals surface area contributed by atoms with Gasteiger partial charge in [-0.3, -0.25) is 9.36 Å². The summed E-state index contributed by atoms with van der Waals surface area (Å²) in [7, 11) is 1.75. The van der Waals surface area contributed by atoms with E-state index in [1.165, 1.54) is 23.1 Å². The Labute approximate surface area is 170 Å². The van der Waals surface area contributed by atoms with Crippen molar-refractivity contribution in [3.8, 4) is 10.4 Å². The van der Waals surface area contributed by atoms with Gasteiger partial charge in [-0.15, -0.1) is 11.3 Å². The monoisotopic (exact) mass is 412 g/mol. The van der Waals surface area contributed by atoms with Crippen LogP contribution in [-0.4, -0.2) is 19.7 Å². The molecule has 3 heterocycles. The maximum atomic E-state index is 12.9. The Kier molecular flexibility index (Phi) is 5.07. The fourth-order valence-corrected chi connectivity index (χ4v) is 4.74. The lowest BCUT2D eigenvalue weighted by Gasteiger charge is -2.09. The lowest BCUT2D eigenvalue weighted by Crippen LogP contribution is -2.19. The Morgan fingerprint density at radius 2 is 1.89 bits per heavy atom. The molecule has 0 radical (unpaired) electrons. The van der Waals surface area contributed by atoms with Crippen LogP contribution in [0.4, 0.5) is 0 Å². The maximum absolute atomic E-state index is 12.9. The number of aromatic nitrogens is 4. The molecule has 0 saturated heterocycles. The molecule has 0 aliphatic rings. The number of benzene rings is 1. The van der Waals surface area contributed by atoms with Crippen molar-refractivity contribution in [1.82, 2.24) is 19.7 Å². The topological polar surface area (TPSA) is 73.8 Å². The smallest absolute Gasteiger partial charge is 0.262 e. The third-order valence-corrected chi connectivity index (χ3v) is 6.60. The van der Waals surface area contributed by atoms with Crippen LogP contribution in [0.1, 0.15) is 43.7 Å². The molecule has 3 aromatic heterocycles. The van der Waals surface area contributed by atoms with Gasteiger partial charge in [-0.2, -0.15) is 4.98 Å². The molecule has 0 saturated carbocycles. The van der Waals surface area contributed by atoms with E-state index in [2.05, 4.69) is 10.1 Å². The number of nitrogens with zero attached hydrogens (tertiary/aromatic N) is 4. The number of hydrogen-bond acceptors (Lipinski definition) is 7. The summed E-state index contributed by atoms with van der Waals surface area (Å²) in [5.74, 6) is 1.43. The summed E-state index contributed by atoms with van der Waals surface area (Å²) in [6.07, 6.45) is 0. The molecule has 1 aromatic carbocycles. The minimum Gasteiger partial charge on any atom is -0.338 e. The van der Waals surface area contributed by atoms with Crippen LogP contribution < -0.4 is 5.56 Å². The molecule has 1 atom stereocenters. The summed E-state index contributed by atoms with van der Waals surface area (Å²) < 4.78 is 6.97. The zero-order valence-corrected chi connectivity index (χ0v) is 17.7. The van der Waals surface area contributed by atoms with E-state index < -0.39 is 0 Å². The lowest BCUT2D eigenvalue weighted by atomic mass is 10.2. The molecule has 28 heavy (non-hydrogen) atoms. The quantitative estimate of drug-likeness (QED) is 0.338. The second-order valence-corrected chi connectivity index (χ2v) is 9.20. The SMILES string of the molecule is CC(C)c1noc([C@@H](C)Sc2nc3sc(-c4ccccc4)cc3c(=O)n2C)n1. The number of fused-ring (bicyclic) bond motifs is 1. The second kappa shape index (κ2) is 7.52. The molecule has 0 aliphatic carbocycles. The number of thiophene rings is 1. The van der Waals surface area contributed by atoms with Gasteiger partial charge in [0.2, 0.25) is 5.89 Å². The molecule has 0 bridgehead atoms. The zero-order valence-electron chi connectivity index (χ0n) is 16.0. The second-order valence-electron chi connectivity index (χ2n) is 6.86. The van der Waals surface area contributed by atoms with Gasteiger partial charge >= 0.3 is 0 Å². The highest BCUT2D eigenvalue weighted by Crippen LogP contribution is 2.36. The van der Waals surface area contributed by atoms with Crippen molar-refractivity contribution in [2.75, 3.05) is 0 Å². The number of hydrogen-bond donors (Lipinski definition) is 0. The van der Waals surface area contributed by atoms with Gasteiger partial charge in [-0.25, -0.2) is 4.98 Å². The molecular weight excluding hydrogens is 392 g/mol. The summed E-state index contributed by atoms with van der Waals surface area (Å²) in [5.41, 5.74) is 1.04. The average molecular weight is 413 g/mol. The first kappa shape index (κ1) is 18.9. The fourth-order valence-electron chi connectivity index (χ4n) is 2.75. The summed E-state index contributed by atoms with van der Waals surface area (Å²) in [6.45, 7) is 6.02. The molecule has 144 valence electrons. The van der Waals surface area contributed by atoms with Crippen molar-refractivity contribution in [3.05, 3.63) is 58.5 Å². The van der Waals surface area contributed by atoms with Gasteiger partial charge in [-0.05, 0) is 18.6 Å². The molecule has 0 unspecified atom stereocenters. The van der Waals surface area contributed by atoms with Gasteiger partial charge in [0.15, 0.2) is 11.0 Å². The molecule has 0 aliphatic heterocycles. The normalized spacial score (nSPS) is 12.8. The van der Waals surface area contributed by atoms with Crippen molar-refractivity contribution in [2.45, 2.75) is 37.1 Å². The van der Waals surface area contributed by atoms with Crippen LogP contribution >= 0.6 is 23.1 Å². The molecule has 0 fully saturated rings. The van der Waals surface area contributed by atoms with E-state index in [1.807, 2.05) is 57.2 Å². The standard InChI is InChI=1S/C20H20N4O2S2/c1-11(2)16-21-17(26-23-16)12(3)27-20-22-18-14(19(25)24(20)4)10-15(28-18)13-8-6-5-7-9-13/h5-12H,1-4H3/t12-/m1/s1. The van der Waals surface area contributed by atoms with E-state index in [4.69, 9.17) is 9.51 Å². The van der Waals surface area contributed by atoms with Crippen LogP contribution in [0.25, 0.3) is 20.7 Å². The molecule has 0 spiro atoms. The molecule has 6 nitrogen and oxygen atoms in total. The van der Waals surface area contributed by atoms with Crippen molar-refractivity contribution >= 4 is 33.3 Å². The number of thioether (sulfide) groups is 1. The predicted octanol–water partition coefficient (Wildman–Crippen LogP) is 5.02. The van der Waals surface area contributed by atoms with Crippen LogP contribution in [0, 0.1) is 0 Å². The Morgan fingerprint density at radius 1 is 1.14 bits per heavy atom. The summed E-state index contributed by atoms with van der Waals surface area (Å²) in [5, 5.41) is 5.19. The van der Waals surface area contributed by atoms with E-state index in [-0.39, 0.29) is 16.7 Å². The van der Waals surface area contributed by atoms with Crippen molar-refractivity contribution in [1.29, 1.82) is 0 Å². The molecular formula is C20H20N4O2S2. The summed E-state index contributed by atoms with van der Waals surface area (Å²) in [4.78, 5) is 23.8. The van der Waals surface area contributed by atoms with Crippen molar-refractivity contribution < 1.29 is 4.52 Å². The van der Waals surface area contributed by atoms with Crippen LogP contribution in [0.5, 0.6) is 0 Å². The van der Waals surface area contributed by atoms with Crippen LogP contribution in [-0.2, 0) is 7.05 Å². The first-order valence-electron chi connectivity index (χ1n) is 9.00. The summed E-state index contributed by atoms with van der Waals surface area (Å²) >= 11 is 2.97. The van der Waals surface area contributed by atoms with Gasteiger partial charge in [-0.1, -0.05) is 61.1 Å². The fraction of sp³-hybridized carbons (Fsp3) is 0.300. The zero-order chi connectivity index (χ0) is 19.8. The minimum absolute atomic E-state index is 0.0495. The van der Waals surface area contributed by atoms with Crippen molar-refractivity contribution in [3.63, 3.8) is 0 Å². The van der Waals surface area contributed by atoms with Gasteiger partial charge in [0.25, 0.3) is 5.56 Å². The maximum Gasteiger partial charge on any atom is 0.262 e. The van der Waals surface area contributed by atoms with Gasteiger partial charge in [0, 0.05) is 17.8 Å². The van der Waals surface area contributed by atoms with E-state index >= 15 is 0 Å². The average Bonchev–Trinajstić information content (AvgIpc) is 3.34. The third-order valence-electron chi connectivity index (χ3n) is 4.39. The molecule has 0 N–H and O–H groups in total. The van der Waals surface area contributed by atoms with E-state index in [0.717, 1.165) is 15.3 Å². The van der Waals surface area contributed by atoms with E-state index in [1.54, 1.807) is 11.6 Å². The molecule has 4 aromatic rings. The largest absolute Gasteiger partial charge is 0.338 e. The highest BCUT2D eigenvalue weighted by atomic mass is 32.2. The minimum atomic E-state index is -0.107. The lowest BCUT2D eigenvalue weighted by molar-refractivity contribution is 0.373. The van der Waals surface area contributed by atoms with Crippen LogP contribution in [0.3, 0.4) is 0 Å². The number of rotatable bonds is 5. The van der Waals surface area contributed by atoms with Crippen LogP contribution in [0.15, 0.2) is 50.9 Å². The predicted molar refractivity (Wildman–Crippen MR) is 113 cm³/mol. The van der Waals surface area contributed by atoms with Gasteiger partial charge in [0.05, 0.1) is 10.6 Å². The molecule has 0 amide bonds. The molecule has 4 rings (SSSR count). The van der Waals surface area contributed by atoms with Gasteiger partial charge < -0.3 is 4.52 Å². The highest BCUT2D eigenvalue weighted by Gasteiger charge is 2.20. The Morgan fingerprint density at radius 3 is 2.57 bits per heavy atom. The summed E-state index contributed by atoms with van der Waals surface area (Å²) in [6, 6.07) is 12.0. The first-order valence-corrected chi connectivity index (χ1v) is 10.7. The van der Waals surface area contributed by atoms with E-state index in [0.29, 0.717) is 22.3 Å². The van der Waals surface area contributed by atoms with Gasteiger partial charge in [0.1, 0.15) is 4.83 Å². The highest BCUT2D eigenvalue weighted by molar-refractivity contribution is 7.99. The third kappa shape index (κ3) is 3.49. The Hall–Kier alpha value is -2.45. The Bertz CT molecular complexity index is 1180. The van der Waals surface area contributed by atoms with E-state index in [9.17, 15) is 4.79 Å². The molecule has 8 heteroatoms. The Balaban J connectivity index is 1.69.